The van der Waals surface area contributed by atoms with Gasteiger partial charge in [0.15, 0.2) is 0 Å². The van der Waals surface area contributed by atoms with E-state index in [0.29, 0.717) is 0 Å². The van der Waals surface area contributed by atoms with Crippen LogP contribution in [0.15, 0.2) is 35.3 Å². The van der Waals surface area contributed by atoms with Crippen molar-refractivity contribution in [3.63, 3.8) is 0 Å². The summed E-state index contributed by atoms with van der Waals surface area (Å²) >= 11 is 0. The van der Waals surface area contributed by atoms with Crippen LogP contribution in [-0.2, 0) is 6.54 Å². The van der Waals surface area contributed by atoms with Crippen molar-refractivity contribution in [2.75, 3.05) is 19.6 Å². The highest BCUT2D eigenvalue weighted by molar-refractivity contribution is 5.85. The minimum atomic E-state index is 0.842. The molecule has 74 valence electrons. The van der Waals surface area contributed by atoms with Crippen molar-refractivity contribution in [1.29, 1.82) is 0 Å². The summed E-state index contributed by atoms with van der Waals surface area (Å²) in [5.41, 5.74) is 1.31. The summed E-state index contributed by atoms with van der Waals surface area (Å²) in [6.45, 7) is 3.65. The molecule has 14 heavy (non-hydrogen) atoms. The topological polar surface area (TPSA) is 36.4 Å². The molecular weight excluding hydrogens is 174 g/mol. The van der Waals surface area contributed by atoms with Crippen molar-refractivity contribution in [1.82, 2.24) is 10.6 Å². The van der Waals surface area contributed by atoms with Gasteiger partial charge in [0.05, 0.1) is 13.1 Å². The van der Waals surface area contributed by atoms with Crippen molar-refractivity contribution in [3.05, 3.63) is 35.9 Å². The Kier molecular flexibility index (Phi) is 3.14. The van der Waals surface area contributed by atoms with Gasteiger partial charge in [-0.05, 0) is 5.56 Å². The number of aliphatic imine (C=N–C) groups is 1. The number of nitrogens with zero attached hydrogens (tertiary/aromatic N) is 1. The second kappa shape index (κ2) is 4.77. The molecule has 0 saturated heterocycles. The molecule has 0 unspecified atom stereocenters. The van der Waals surface area contributed by atoms with Crippen molar-refractivity contribution < 1.29 is 0 Å². The van der Waals surface area contributed by atoms with Gasteiger partial charge in [-0.25, -0.2) is 0 Å². The Balaban J connectivity index is 1.73. The zero-order valence-corrected chi connectivity index (χ0v) is 8.16. The maximum atomic E-state index is 4.31. The highest BCUT2D eigenvalue weighted by Gasteiger charge is 2.02. The summed E-state index contributed by atoms with van der Waals surface area (Å²) in [4.78, 5) is 4.31. The molecule has 3 heteroatoms. The van der Waals surface area contributed by atoms with Crippen LogP contribution in [0.25, 0.3) is 0 Å². The molecule has 0 bridgehead atoms. The fourth-order valence-electron chi connectivity index (χ4n) is 1.49. The highest BCUT2D eigenvalue weighted by Crippen LogP contribution is 1.96. The van der Waals surface area contributed by atoms with E-state index in [9.17, 15) is 0 Å². The second-order valence-corrected chi connectivity index (χ2v) is 3.34. The molecule has 0 aliphatic carbocycles. The van der Waals surface area contributed by atoms with Gasteiger partial charge in [-0.1, -0.05) is 30.3 Å². The molecule has 1 aliphatic rings. The van der Waals surface area contributed by atoms with Crippen LogP contribution in [0.4, 0.5) is 0 Å². The zero-order valence-electron chi connectivity index (χ0n) is 8.16. The van der Waals surface area contributed by atoms with Crippen LogP contribution in [0.2, 0.25) is 0 Å². The lowest BCUT2D eigenvalue weighted by molar-refractivity contribution is 0.766. The molecule has 2 N–H and O–H groups in total. The van der Waals surface area contributed by atoms with Crippen LogP contribution in [0.5, 0.6) is 0 Å². The first-order chi connectivity index (χ1) is 6.95. The van der Waals surface area contributed by atoms with E-state index in [1.54, 1.807) is 0 Å². The van der Waals surface area contributed by atoms with E-state index in [4.69, 9.17) is 0 Å². The van der Waals surface area contributed by atoms with Crippen molar-refractivity contribution in [2.24, 2.45) is 4.99 Å². The Morgan fingerprint density at radius 2 is 2.07 bits per heavy atom. The first-order valence-corrected chi connectivity index (χ1v) is 4.97. The SMILES string of the molecule is c1ccc(CNCC2=NCCN2)cc1. The van der Waals surface area contributed by atoms with Gasteiger partial charge in [0, 0.05) is 13.1 Å². The molecule has 0 aromatic heterocycles. The van der Waals surface area contributed by atoms with Crippen molar-refractivity contribution in [3.8, 4) is 0 Å². The lowest BCUT2D eigenvalue weighted by Crippen LogP contribution is -2.30. The van der Waals surface area contributed by atoms with Crippen LogP contribution in [0, 0.1) is 0 Å². The molecule has 0 spiro atoms. The number of hydrogen-bond acceptors (Lipinski definition) is 3. The van der Waals surface area contributed by atoms with Crippen LogP contribution < -0.4 is 10.6 Å². The van der Waals surface area contributed by atoms with Crippen LogP contribution in [-0.4, -0.2) is 25.5 Å². The van der Waals surface area contributed by atoms with Crippen LogP contribution in [0.3, 0.4) is 0 Å². The van der Waals surface area contributed by atoms with E-state index >= 15 is 0 Å². The van der Waals surface area contributed by atoms with Gasteiger partial charge < -0.3 is 10.6 Å². The van der Waals surface area contributed by atoms with Gasteiger partial charge in [-0.15, -0.1) is 0 Å². The molecular formula is C11H15N3. The normalized spacial score (nSPS) is 15.0. The van der Waals surface area contributed by atoms with Gasteiger partial charge in [0.1, 0.15) is 5.84 Å². The third-order valence-electron chi connectivity index (χ3n) is 2.21. The summed E-state index contributed by atoms with van der Waals surface area (Å²) in [5.74, 6) is 1.08. The van der Waals surface area contributed by atoms with E-state index in [-0.39, 0.29) is 0 Å². The van der Waals surface area contributed by atoms with Gasteiger partial charge >= 0.3 is 0 Å². The monoisotopic (exact) mass is 189 g/mol. The number of rotatable bonds is 4. The van der Waals surface area contributed by atoms with E-state index in [2.05, 4.69) is 39.9 Å². The Morgan fingerprint density at radius 3 is 2.79 bits per heavy atom. The largest absolute Gasteiger partial charge is 0.371 e. The molecule has 1 aromatic carbocycles. The second-order valence-electron chi connectivity index (χ2n) is 3.34. The Bertz CT molecular complexity index is 306. The summed E-state index contributed by atoms with van der Waals surface area (Å²) in [6, 6.07) is 10.4. The maximum Gasteiger partial charge on any atom is 0.110 e. The summed E-state index contributed by atoms with van der Waals surface area (Å²) in [5, 5.41) is 6.58. The van der Waals surface area contributed by atoms with Gasteiger partial charge in [0.25, 0.3) is 0 Å². The first-order valence-electron chi connectivity index (χ1n) is 4.97. The molecule has 1 aliphatic heterocycles. The minimum Gasteiger partial charge on any atom is -0.371 e. The third-order valence-corrected chi connectivity index (χ3v) is 2.21. The smallest absolute Gasteiger partial charge is 0.110 e. The third kappa shape index (κ3) is 2.57. The fourth-order valence-corrected chi connectivity index (χ4v) is 1.49. The average molecular weight is 189 g/mol. The maximum absolute atomic E-state index is 4.31. The first kappa shape index (κ1) is 9.21. The molecule has 0 radical (unpaired) electrons. The summed E-state index contributed by atoms with van der Waals surface area (Å²) < 4.78 is 0. The number of nitrogens with one attached hydrogen (secondary N) is 2. The number of benzene rings is 1. The molecule has 0 amide bonds. The summed E-state index contributed by atoms with van der Waals surface area (Å²) in [7, 11) is 0. The lowest BCUT2D eigenvalue weighted by atomic mass is 10.2. The van der Waals surface area contributed by atoms with Crippen molar-refractivity contribution in [2.45, 2.75) is 6.54 Å². The molecule has 1 heterocycles. The molecule has 1 aromatic rings. The van der Waals surface area contributed by atoms with E-state index in [1.165, 1.54) is 5.56 Å². The van der Waals surface area contributed by atoms with Gasteiger partial charge in [-0.3, -0.25) is 4.99 Å². The summed E-state index contributed by atoms with van der Waals surface area (Å²) in [6.07, 6.45) is 0. The van der Waals surface area contributed by atoms with E-state index in [1.807, 2.05) is 6.07 Å². The average Bonchev–Trinajstić information content (AvgIpc) is 2.72. The zero-order chi connectivity index (χ0) is 9.64. The van der Waals surface area contributed by atoms with Crippen molar-refractivity contribution >= 4 is 5.84 Å². The van der Waals surface area contributed by atoms with E-state index in [0.717, 1.165) is 32.0 Å². The molecule has 2 rings (SSSR count). The predicted molar refractivity (Wildman–Crippen MR) is 58.5 cm³/mol. The Labute approximate surface area is 84.2 Å². The highest BCUT2D eigenvalue weighted by atomic mass is 15.1. The van der Waals surface area contributed by atoms with Crippen LogP contribution >= 0.6 is 0 Å². The quantitative estimate of drug-likeness (QED) is 0.734. The van der Waals surface area contributed by atoms with E-state index < -0.39 is 0 Å². The Morgan fingerprint density at radius 1 is 1.21 bits per heavy atom. The molecule has 0 saturated carbocycles. The fraction of sp³-hybridized carbons (Fsp3) is 0.364. The molecule has 0 atom stereocenters. The lowest BCUT2D eigenvalue weighted by Gasteiger charge is -2.04. The number of amidine groups is 1. The Hall–Kier alpha value is -1.35. The predicted octanol–water partition coefficient (Wildman–Crippen LogP) is 0.778. The molecule has 0 fully saturated rings. The van der Waals surface area contributed by atoms with Gasteiger partial charge in [0.2, 0.25) is 0 Å². The van der Waals surface area contributed by atoms with Crippen LogP contribution in [0.1, 0.15) is 5.56 Å². The standard InChI is InChI=1S/C11H15N3/c1-2-4-10(5-3-1)8-12-9-11-13-6-7-14-11/h1-5,12H,6-9H2,(H,13,14). The van der Waals surface area contributed by atoms with Gasteiger partial charge in [-0.2, -0.15) is 0 Å². The molecule has 3 nitrogen and oxygen atoms in total. The minimum absolute atomic E-state index is 0.842. The number of hydrogen-bond donors (Lipinski definition) is 2.